The Morgan fingerprint density at radius 1 is 1.00 bits per heavy atom. The topological polar surface area (TPSA) is 87.2 Å². The van der Waals surface area contributed by atoms with E-state index in [4.69, 9.17) is 4.74 Å². The molecule has 1 atom stereocenters. The standard InChI is InChI=1S/C24H26N2O5/c1-16-6-5-8-18(14-16)21(27)26-20(23(29)30)15-31-24(26)10-12-25(13-11-24)22(28)19-9-4-3-7-17(19)2/h3-9,14,20H,10-13,15H2,1-2H3,(H,29,30)/t20-/m1/s1. The van der Waals surface area contributed by atoms with Gasteiger partial charge in [-0.05, 0) is 37.6 Å². The van der Waals surface area contributed by atoms with Crippen LogP contribution in [-0.2, 0) is 9.53 Å². The van der Waals surface area contributed by atoms with E-state index in [2.05, 4.69) is 0 Å². The Morgan fingerprint density at radius 3 is 2.35 bits per heavy atom. The summed E-state index contributed by atoms with van der Waals surface area (Å²) in [6.45, 7) is 4.50. The molecule has 0 unspecified atom stereocenters. The van der Waals surface area contributed by atoms with E-state index in [0.29, 0.717) is 37.1 Å². The summed E-state index contributed by atoms with van der Waals surface area (Å²) in [7, 11) is 0. The van der Waals surface area contributed by atoms with Crippen LogP contribution >= 0.6 is 0 Å². The third kappa shape index (κ3) is 3.81. The molecule has 0 radical (unpaired) electrons. The zero-order chi connectivity index (χ0) is 22.2. The molecule has 2 heterocycles. The highest BCUT2D eigenvalue weighted by Gasteiger charge is 2.54. The monoisotopic (exact) mass is 422 g/mol. The van der Waals surface area contributed by atoms with Gasteiger partial charge >= 0.3 is 5.97 Å². The fourth-order valence-corrected chi connectivity index (χ4v) is 4.52. The first kappa shape index (κ1) is 21.1. The van der Waals surface area contributed by atoms with Gasteiger partial charge in [0.15, 0.2) is 6.04 Å². The van der Waals surface area contributed by atoms with Crippen LogP contribution in [0.5, 0.6) is 0 Å². The maximum Gasteiger partial charge on any atom is 0.328 e. The van der Waals surface area contributed by atoms with Crippen LogP contribution in [0.2, 0.25) is 0 Å². The largest absolute Gasteiger partial charge is 0.480 e. The molecule has 7 nitrogen and oxygen atoms in total. The summed E-state index contributed by atoms with van der Waals surface area (Å²) < 4.78 is 5.98. The van der Waals surface area contributed by atoms with Crippen molar-refractivity contribution in [1.82, 2.24) is 9.80 Å². The first-order valence-corrected chi connectivity index (χ1v) is 10.4. The Labute approximate surface area is 181 Å². The number of rotatable bonds is 3. The Morgan fingerprint density at radius 2 is 1.71 bits per heavy atom. The summed E-state index contributed by atoms with van der Waals surface area (Å²) in [5, 5.41) is 9.73. The molecule has 2 aliphatic heterocycles. The summed E-state index contributed by atoms with van der Waals surface area (Å²) in [5.74, 6) is -1.50. The van der Waals surface area contributed by atoms with Gasteiger partial charge < -0.3 is 14.7 Å². The number of aliphatic carboxylic acids is 1. The second-order valence-corrected chi connectivity index (χ2v) is 8.26. The second-order valence-electron chi connectivity index (χ2n) is 8.26. The lowest BCUT2D eigenvalue weighted by atomic mass is 9.95. The molecule has 0 aromatic heterocycles. The average molecular weight is 422 g/mol. The number of ether oxygens (including phenoxy) is 1. The third-order valence-electron chi connectivity index (χ3n) is 6.24. The highest BCUT2D eigenvalue weighted by atomic mass is 16.5. The van der Waals surface area contributed by atoms with Crippen LogP contribution in [0.25, 0.3) is 0 Å². The molecule has 1 N–H and O–H groups in total. The van der Waals surface area contributed by atoms with Crippen molar-refractivity contribution < 1.29 is 24.2 Å². The molecule has 2 amide bonds. The van der Waals surface area contributed by atoms with Crippen LogP contribution in [0.15, 0.2) is 48.5 Å². The van der Waals surface area contributed by atoms with Gasteiger partial charge in [0.05, 0.1) is 6.61 Å². The van der Waals surface area contributed by atoms with E-state index in [9.17, 15) is 19.5 Å². The zero-order valence-electron chi connectivity index (χ0n) is 17.7. The normalized spacial score (nSPS) is 20.1. The number of carbonyl (C=O) groups is 3. The molecular formula is C24H26N2O5. The minimum absolute atomic E-state index is 0.0569. The van der Waals surface area contributed by atoms with Crippen LogP contribution < -0.4 is 0 Å². The number of nitrogens with zero attached hydrogens (tertiary/aromatic N) is 2. The quantitative estimate of drug-likeness (QED) is 0.822. The van der Waals surface area contributed by atoms with Crippen LogP contribution in [0.4, 0.5) is 0 Å². The fraction of sp³-hybridized carbons (Fsp3) is 0.375. The minimum Gasteiger partial charge on any atom is -0.480 e. The van der Waals surface area contributed by atoms with Gasteiger partial charge in [-0.25, -0.2) is 4.79 Å². The van der Waals surface area contributed by atoms with Gasteiger partial charge in [0, 0.05) is 37.1 Å². The summed E-state index contributed by atoms with van der Waals surface area (Å²) in [4.78, 5) is 41.4. The molecule has 2 aliphatic rings. The van der Waals surface area contributed by atoms with Gasteiger partial charge in [0.2, 0.25) is 0 Å². The maximum atomic E-state index is 13.4. The number of carboxylic acids is 1. The predicted octanol–water partition coefficient (Wildman–Crippen LogP) is 2.86. The molecule has 2 saturated heterocycles. The predicted molar refractivity (Wildman–Crippen MR) is 114 cm³/mol. The van der Waals surface area contributed by atoms with Gasteiger partial charge in [0.1, 0.15) is 5.72 Å². The molecule has 7 heteroatoms. The molecular weight excluding hydrogens is 396 g/mol. The van der Waals surface area contributed by atoms with Crippen molar-refractivity contribution in [3.63, 3.8) is 0 Å². The molecule has 2 aromatic rings. The van der Waals surface area contributed by atoms with Crippen LogP contribution in [0, 0.1) is 13.8 Å². The molecule has 1 spiro atoms. The number of carboxylic acid groups (broad SMARTS) is 1. The van der Waals surface area contributed by atoms with E-state index in [1.54, 1.807) is 23.1 Å². The molecule has 0 aliphatic carbocycles. The van der Waals surface area contributed by atoms with Crippen LogP contribution in [0.3, 0.4) is 0 Å². The molecule has 2 fully saturated rings. The number of piperidine rings is 1. The Hall–Kier alpha value is -3.19. The molecule has 0 saturated carbocycles. The van der Waals surface area contributed by atoms with Gasteiger partial charge in [0.25, 0.3) is 11.8 Å². The number of hydrogen-bond donors (Lipinski definition) is 1. The van der Waals surface area contributed by atoms with E-state index in [-0.39, 0.29) is 18.4 Å². The van der Waals surface area contributed by atoms with Crippen LogP contribution in [0.1, 0.15) is 44.7 Å². The van der Waals surface area contributed by atoms with Crippen molar-refractivity contribution in [2.45, 2.75) is 38.5 Å². The first-order valence-electron chi connectivity index (χ1n) is 10.4. The number of carbonyl (C=O) groups excluding carboxylic acids is 2. The number of benzene rings is 2. The van der Waals surface area contributed by atoms with Crippen molar-refractivity contribution in [3.05, 3.63) is 70.8 Å². The molecule has 2 aromatic carbocycles. The lowest BCUT2D eigenvalue weighted by Gasteiger charge is -2.44. The highest BCUT2D eigenvalue weighted by molar-refractivity contribution is 5.98. The summed E-state index contributed by atoms with van der Waals surface area (Å²) in [6, 6.07) is 13.5. The lowest BCUT2D eigenvalue weighted by Crippen LogP contribution is -2.58. The second kappa shape index (κ2) is 8.15. The summed E-state index contributed by atoms with van der Waals surface area (Å²) >= 11 is 0. The number of amides is 2. The SMILES string of the molecule is Cc1cccc(C(=O)N2[C@@H](C(=O)O)COC23CCN(C(=O)c2ccccc2C)CC3)c1. The number of aryl methyl sites for hydroxylation is 2. The summed E-state index contributed by atoms with van der Waals surface area (Å²) in [5.41, 5.74) is 1.90. The van der Waals surface area contributed by atoms with Gasteiger partial charge in [-0.15, -0.1) is 0 Å². The minimum atomic E-state index is -1.09. The zero-order valence-corrected chi connectivity index (χ0v) is 17.7. The number of hydrogen-bond acceptors (Lipinski definition) is 4. The van der Waals surface area contributed by atoms with Crippen molar-refractivity contribution in [2.24, 2.45) is 0 Å². The van der Waals surface area contributed by atoms with E-state index in [0.717, 1.165) is 11.1 Å². The van der Waals surface area contributed by atoms with Crippen molar-refractivity contribution in [1.29, 1.82) is 0 Å². The van der Waals surface area contributed by atoms with E-state index in [1.807, 2.05) is 44.2 Å². The fourth-order valence-electron chi connectivity index (χ4n) is 4.52. The van der Waals surface area contributed by atoms with Gasteiger partial charge in [-0.2, -0.15) is 0 Å². The Bertz CT molecular complexity index is 1030. The van der Waals surface area contributed by atoms with Gasteiger partial charge in [-0.3, -0.25) is 14.5 Å². The third-order valence-corrected chi connectivity index (χ3v) is 6.24. The lowest BCUT2D eigenvalue weighted by molar-refractivity contribution is -0.143. The summed E-state index contributed by atoms with van der Waals surface area (Å²) in [6.07, 6.45) is 0.734. The van der Waals surface area contributed by atoms with Crippen LogP contribution in [-0.4, -0.2) is 64.2 Å². The van der Waals surface area contributed by atoms with E-state index < -0.39 is 17.7 Å². The maximum absolute atomic E-state index is 13.4. The molecule has 4 rings (SSSR count). The van der Waals surface area contributed by atoms with Crippen molar-refractivity contribution in [3.8, 4) is 0 Å². The first-order chi connectivity index (χ1) is 14.8. The van der Waals surface area contributed by atoms with E-state index in [1.165, 1.54) is 4.90 Å². The van der Waals surface area contributed by atoms with Gasteiger partial charge in [-0.1, -0.05) is 35.9 Å². The molecule has 162 valence electrons. The Kier molecular flexibility index (Phi) is 5.54. The smallest absolute Gasteiger partial charge is 0.328 e. The molecule has 31 heavy (non-hydrogen) atoms. The van der Waals surface area contributed by atoms with E-state index >= 15 is 0 Å². The van der Waals surface area contributed by atoms with Crippen molar-refractivity contribution in [2.75, 3.05) is 19.7 Å². The average Bonchev–Trinajstić information content (AvgIpc) is 3.12. The van der Waals surface area contributed by atoms with Crippen molar-refractivity contribution >= 4 is 17.8 Å². The highest BCUT2D eigenvalue weighted by Crippen LogP contribution is 2.39. The molecule has 0 bridgehead atoms. The number of likely N-dealkylation sites (tertiary alicyclic amines) is 1. The Balaban J connectivity index is 1.58.